The zero-order valence-corrected chi connectivity index (χ0v) is 9.77. The maximum Gasteiger partial charge on any atom is 0.307 e. The number of hydrogen-bond donors (Lipinski definition) is 1. The second kappa shape index (κ2) is 4.11. The number of carbonyl (C=O) groups is 1. The van der Waals surface area contributed by atoms with Gasteiger partial charge in [0, 0.05) is 0 Å². The fourth-order valence-corrected chi connectivity index (χ4v) is 2.54. The largest absolute Gasteiger partial charge is 0.481 e. The molecule has 0 spiro atoms. The maximum absolute atomic E-state index is 11.0. The van der Waals surface area contributed by atoms with Gasteiger partial charge >= 0.3 is 5.97 Å². The lowest BCUT2D eigenvalue weighted by Gasteiger charge is -2.28. The molecule has 1 fully saturated rings. The van der Waals surface area contributed by atoms with Crippen LogP contribution in [-0.2, 0) is 4.79 Å². The summed E-state index contributed by atoms with van der Waals surface area (Å²) in [6, 6.07) is 0. The van der Waals surface area contributed by atoms with Crippen molar-refractivity contribution in [3.63, 3.8) is 0 Å². The molecule has 1 aliphatic rings. The zero-order valence-electron chi connectivity index (χ0n) is 8.26. The SMILES string of the molecule is CC1(C)[C@@H](C=C(Cl)Cl)CC[C@H]1C(=O)O. The molecule has 0 saturated heterocycles. The Kier molecular flexibility index (Phi) is 3.49. The number of hydrogen-bond acceptors (Lipinski definition) is 1. The van der Waals surface area contributed by atoms with Crippen LogP contribution in [-0.4, -0.2) is 11.1 Å². The minimum atomic E-state index is -0.725. The summed E-state index contributed by atoms with van der Waals surface area (Å²) in [5.41, 5.74) is -0.263. The van der Waals surface area contributed by atoms with E-state index in [9.17, 15) is 4.79 Å². The quantitative estimate of drug-likeness (QED) is 0.798. The monoisotopic (exact) mass is 236 g/mol. The Labute approximate surface area is 93.9 Å². The topological polar surface area (TPSA) is 37.3 Å². The third kappa shape index (κ3) is 2.23. The van der Waals surface area contributed by atoms with E-state index in [1.807, 2.05) is 13.8 Å². The molecule has 4 heteroatoms. The molecule has 1 aliphatic carbocycles. The van der Waals surface area contributed by atoms with Crippen LogP contribution in [0.3, 0.4) is 0 Å². The number of carboxylic acids is 1. The first-order valence-corrected chi connectivity index (χ1v) is 5.37. The zero-order chi connectivity index (χ0) is 10.9. The number of carboxylic acid groups (broad SMARTS) is 1. The first kappa shape index (κ1) is 11.9. The van der Waals surface area contributed by atoms with Gasteiger partial charge in [0.2, 0.25) is 0 Å². The molecule has 0 radical (unpaired) electrons. The van der Waals surface area contributed by atoms with Gasteiger partial charge in [-0.05, 0) is 24.2 Å². The maximum atomic E-state index is 11.0. The van der Waals surface area contributed by atoms with E-state index in [0.717, 1.165) is 6.42 Å². The highest BCUT2D eigenvalue weighted by Gasteiger charge is 2.45. The van der Waals surface area contributed by atoms with E-state index in [4.69, 9.17) is 28.3 Å². The Bertz CT molecular complexity index is 267. The molecule has 14 heavy (non-hydrogen) atoms. The minimum Gasteiger partial charge on any atom is -0.481 e. The molecular weight excluding hydrogens is 223 g/mol. The molecule has 0 heterocycles. The van der Waals surface area contributed by atoms with Crippen molar-refractivity contribution in [3.8, 4) is 0 Å². The average molecular weight is 237 g/mol. The van der Waals surface area contributed by atoms with E-state index in [0.29, 0.717) is 6.42 Å². The molecule has 0 aliphatic heterocycles. The summed E-state index contributed by atoms with van der Waals surface area (Å²) in [7, 11) is 0. The van der Waals surface area contributed by atoms with Gasteiger partial charge in [-0.25, -0.2) is 0 Å². The summed E-state index contributed by atoms with van der Waals surface area (Å²) in [6.07, 6.45) is 3.30. The van der Waals surface area contributed by atoms with E-state index in [2.05, 4.69) is 0 Å². The highest BCUT2D eigenvalue weighted by molar-refractivity contribution is 6.55. The van der Waals surface area contributed by atoms with E-state index in [-0.39, 0.29) is 21.7 Å². The Balaban J connectivity index is 2.86. The molecule has 1 saturated carbocycles. The van der Waals surface area contributed by atoms with Gasteiger partial charge in [0.25, 0.3) is 0 Å². The van der Waals surface area contributed by atoms with Crippen molar-refractivity contribution in [1.82, 2.24) is 0 Å². The van der Waals surface area contributed by atoms with Crippen LogP contribution in [0.2, 0.25) is 0 Å². The number of rotatable bonds is 2. The predicted molar refractivity (Wildman–Crippen MR) is 57.4 cm³/mol. The average Bonchev–Trinajstić information content (AvgIpc) is 2.26. The number of halogens is 2. The lowest BCUT2D eigenvalue weighted by Crippen LogP contribution is -2.29. The van der Waals surface area contributed by atoms with Gasteiger partial charge in [0.15, 0.2) is 0 Å². The van der Waals surface area contributed by atoms with E-state index in [1.54, 1.807) is 6.08 Å². The summed E-state index contributed by atoms with van der Waals surface area (Å²) >= 11 is 11.2. The molecule has 0 bridgehead atoms. The van der Waals surface area contributed by atoms with Crippen LogP contribution in [0.15, 0.2) is 10.6 Å². The molecule has 0 aromatic carbocycles. The molecule has 0 aromatic rings. The van der Waals surface area contributed by atoms with Crippen LogP contribution in [0.5, 0.6) is 0 Å². The third-order valence-electron chi connectivity index (χ3n) is 3.25. The van der Waals surface area contributed by atoms with E-state index >= 15 is 0 Å². The van der Waals surface area contributed by atoms with Crippen molar-refractivity contribution < 1.29 is 9.90 Å². The Morgan fingerprint density at radius 2 is 2.00 bits per heavy atom. The first-order valence-electron chi connectivity index (χ1n) is 4.61. The van der Waals surface area contributed by atoms with Crippen molar-refractivity contribution in [2.45, 2.75) is 26.7 Å². The second-order valence-electron chi connectivity index (χ2n) is 4.35. The molecule has 0 unspecified atom stereocenters. The van der Waals surface area contributed by atoms with Gasteiger partial charge in [0.1, 0.15) is 4.49 Å². The lowest BCUT2D eigenvalue weighted by atomic mass is 9.75. The molecule has 0 amide bonds. The van der Waals surface area contributed by atoms with Gasteiger partial charge in [-0.15, -0.1) is 0 Å². The highest BCUT2D eigenvalue weighted by atomic mass is 35.5. The van der Waals surface area contributed by atoms with Crippen LogP contribution in [0.25, 0.3) is 0 Å². The normalized spacial score (nSPS) is 30.0. The smallest absolute Gasteiger partial charge is 0.307 e. The molecule has 2 nitrogen and oxygen atoms in total. The van der Waals surface area contributed by atoms with Crippen LogP contribution >= 0.6 is 23.2 Å². The molecule has 0 aromatic heterocycles. The highest BCUT2D eigenvalue weighted by Crippen LogP contribution is 2.48. The summed E-state index contributed by atoms with van der Waals surface area (Å²) < 4.78 is 0.231. The Hall–Kier alpha value is -0.210. The van der Waals surface area contributed by atoms with Gasteiger partial charge in [0.05, 0.1) is 5.92 Å². The second-order valence-corrected chi connectivity index (χ2v) is 5.36. The fourth-order valence-electron chi connectivity index (χ4n) is 2.24. The van der Waals surface area contributed by atoms with E-state index in [1.165, 1.54) is 0 Å². The predicted octanol–water partition coefficient (Wildman–Crippen LogP) is 3.44. The number of allylic oxidation sites excluding steroid dienone is 1. The van der Waals surface area contributed by atoms with Crippen molar-refractivity contribution in [2.75, 3.05) is 0 Å². The lowest BCUT2D eigenvalue weighted by molar-refractivity contribution is -0.145. The molecular formula is C10H14Cl2O2. The minimum absolute atomic E-state index is 0.161. The fraction of sp³-hybridized carbons (Fsp3) is 0.700. The Morgan fingerprint density at radius 1 is 1.43 bits per heavy atom. The van der Waals surface area contributed by atoms with Crippen LogP contribution < -0.4 is 0 Å². The molecule has 1 N–H and O–H groups in total. The van der Waals surface area contributed by atoms with E-state index < -0.39 is 5.97 Å². The number of aliphatic carboxylic acids is 1. The van der Waals surface area contributed by atoms with Gasteiger partial charge in [-0.2, -0.15) is 0 Å². The first-order chi connectivity index (χ1) is 6.35. The third-order valence-corrected chi connectivity index (χ3v) is 3.50. The van der Waals surface area contributed by atoms with Crippen LogP contribution in [0.4, 0.5) is 0 Å². The standard InChI is InChI=1S/C10H14Cl2O2/c1-10(2)6(5-8(11)12)3-4-7(10)9(13)14/h5-7H,3-4H2,1-2H3,(H,13,14)/t6-,7+/m1/s1. The summed E-state index contributed by atoms with van der Waals surface area (Å²) in [5, 5.41) is 9.01. The summed E-state index contributed by atoms with van der Waals surface area (Å²) in [4.78, 5) is 11.0. The van der Waals surface area contributed by atoms with Crippen molar-refractivity contribution in [3.05, 3.63) is 10.6 Å². The van der Waals surface area contributed by atoms with Crippen molar-refractivity contribution >= 4 is 29.2 Å². The van der Waals surface area contributed by atoms with Crippen molar-refractivity contribution in [2.24, 2.45) is 17.3 Å². The van der Waals surface area contributed by atoms with Crippen LogP contribution in [0.1, 0.15) is 26.7 Å². The van der Waals surface area contributed by atoms with Crippen molar-refractivity contribution in [1.29, 1.82) is 0 Å². The summed E-state index contributed by atoms with van der Waals surface area (Å²) in [5.74, 6) is -0.860. The summed E-state index contributed by atoms with van der Waals surface area (Å²) in [6.45, 7) is 3.91. The van der Waals surface area contributed by atoms with Gasteiger partial charge in [-0.3, -0.25) is 4.79 Å². The molecule has 80 valence electrons. The van der Waals surface area contributed by atoms with Gasteiger partial charge in [-0.1, -0.05) is 43.1 Å². The Morgan fingerprint density at radius 3 is 2.36 bits per heavy atom. The molecule has 1 rings (SSSR count). The van der Waals surface area contributed by atoms with Crippen LogP contribution in [0, 0.1) is 17.3 Å². The molecule has 2 atom stereocenters. The van der Waals surface area contributed by atoms with Gasteiger partial charge < -0.3 is 5.11 Å².